The molecule has 0 spiro atoms. The topological polar surface area (TPSA) is 20.5 Å². The zero-order chi connectivity index (χ0) is 13.1. The van der Waals surface area contributed by atoms with Gasteiger partial charge in [-0.15, -0.1) is 0 Å². The first-order valence-corrected chi connectivity index (χ1v) is 7.59. The molecule has 0 aliphatic heterocycles. The number of anilines is 1. The zero-order valence-electron chi connectivity index (χ0n) is 11.2. The van der Waals surface area contributed by atoms with Crippen LogP contribution in [0.1, 0.15) is 32.4 Å². The average molecular weight is 310 g/mol. The predicted octanol–water partition coefficient (Wildman–Crippen LogP) is 3.85. The number of rotatable bonds is 5. The summed E-state index contributed by atoms with van der Waals surface area (Å²) in [5.41, 5.74) is 2.24. The van der Waals surface area contributed by atoms with Crippen molar-refractivity contribution in [2.75, 3.05) is 11.9 Å². The van der Waals surface area contributed by atoms with E-state index in [0.717, 1.165) is 29.6 Å². The van der Waals surface area contributed by atoms with Crippen LogP contribution >= 0.6 is 15.9 Å². The van der Waals surface area contributed by atoms with Crippen molar-refractivity contribution in [1.82, 2.24) is 9.38 Å². The molecule has 3 nitrogen and oxygen atoms in total. The van der Waals surface area contributed by atoms with Gasteiger partial charge in [-0.25, -0.2) is 4.98 Å². The maximum atomic E-state index is 4.76. The first kappa shape index (κ1) is 13.4. The molecule has 0 radical (unpaired) electrons. The van der Waals surface area contributed by atoms with Crippen LogP contribution in [0.4, 0.5) is 5.82 Å². The van der Waals surface area contributed by atoms with Crippen molar-refractivity contribution in [2.45, 2.75) is 38.1 Å². The maximum absolute atomic E-state index is 4.76. The number of fused-ring (bicyclic) bond motifs is 1. The molecular weight excluding hydrogens is 290 g/mol. The van der Waals surface area contributed by atoms with Gasteiger partial charge in [0.15, 0.2) is 5.82 Å². The van der Waals surface area contributed by atoms with Crippen LogP contribution in [-0.4, -0.2) is 22.5 Å². The number of pyridine rings is 1. The second kappa shape index (κ2) is 5.74. The van der Waals surface area contributed by atoms with Crippen LogP contribution in [-0.2, 0) is 5.33 Å². The number of nitrogens with zero attached hydrogens (tertiary/aromatic N) is 3. The van der Waals surface area contributed by atoms with Gasteiger partial charge in [-0.3, -0.25) is 0 Å². The van der Waals surface area contributed by atoms with Gasteiger partial charge in [-0.2, -0.15) is 0 Å². The number of halogens is 1. The summed E-state index contributed by atoms with van der Waals surface area (Å²) in [6.45, 7) is 4.46. The highest BCUT2D eigenvalue weighted by molar-refractivity contribution is 9.08. The third-order valence-electron chi connectivity index (χ3n) is 3.56. The highest BCUT2D eigenvalue weighted by Crippen LogP contribution is 2.25. The van der Waals surface area contributed by atoms with Crippen molar-refractivity contribution >= 4 is 27.4 Å². The molecule has 4 heteroatoms. The molecule has 0 saturated heterocycles. The standard InChI is InChI=1S/C14H20BrN3/c1-4-11(5-2)17(3)14-12(10-15)18-9-7-6-8-13(18)16-14/h6-9,11H,4-5,10H2,1-3H3. The molecule has 2 heterocycles. The Hall–Kier alpha value is -1.03. The van der Waals surface area contributed by atoms with Gasteiger partial charge in [-0.05, 0) is 25.0 Å². The Labute approximate surface area is 117 Å². The molecule has 2 aromatic rings. The molecular formula is C14H20BrN3. The largest absolute Gasteiger partial charge is 0.355 e. The normalized spacial score (nSPS) is 11.4. The fourth-order valence-corrected chi connectivity index (χ4v) is 2.97. The molecule has 0 amide bonds. The lowest BCUT2D eigenvalue weighted by atomic mass is 10.1. The highest BCUT2D eigenvalue weighted by Gasteiger charge is 2.19. The molecule has 2 rings (SSSR count). The molecule has 0 bridgehead atoms. The van der Waals surface area contributed by atoms with E-state index < -0.39 is 0 Å². The van der Waals surface area contributed by atoms with Gasteiger partial charge in [0.1, 0.15) is 5.65 Å². The summed E-state index contributed by atoms with van der Waals surface area (Å²) in [6, 6.07) is 6.67. The van der Waals surface area contributed by atoms with Crippen LogP contribution in [0.3, 0.4) is 0 Å². The van der Waals surface area contributed by atoms with E-state index in [-0.39, 0.29) is 0 Å². The van der Waals surface area contributed by atoms with Crippen molar-refractivity contribution in [2.24, 2.45) is 0 Å². The van der Waals surface area contributed by atoms with E-state index in [2.05, 4.69) is 58.4 Å². The molecule has 0 aliphatic carbocycles. The van der Waals surface area contributed by atoms with Crippen molar-refractivity contribution < 1.29 is 0 Å². The SMILES string of the molecule is CCC(CC)N(C)c1nc2ccccn2c1CBr. The molecule has 98 valence electrons. The lowest BCUT2D eigenvalue weighted by molar-refractivity contribution is 0.586. The van der Waals surface area contributed by atoms with Gasteiger partial charge >= 0.3 is 0 Å². The Morgan fingerprint density at radius 3 is 2.67 bits per heavy atom. The van der Waals surface area contributed by atoms with Gasteiger partial charge in [0, 0.05) is 24.6 Å². The Bertz CT molecular complexity index is 517. The van der Waals surface area contributed by atoms with Crippen molar-refractivity contribution in [3.8, 4) is 0 Å². The van der Waals surface area contributed by atoms with E-state index in [1.165, 1.54) is 5.69 Å². The van der Waals surface area contributed by atoms with Crippen LogP contribution in [0.2, 0.25) is 0 Å². The third-order valence-corrected chi connectivity index (χ3v) is 4.09. The van der Waals surface area contributed by atoms with E-state index >= 15 is 0 Å². The number of hydrogen-bond donors (Lipinski definition) is 0. The number of imidazole rings is 1. The second-order valence-electron chi connectivity index (χ2n) is 4.53. The van der Waals surface area contributed by atoms with Crippen molar-refractivity contribution in [3.05, 3.63) is 30.1 Å². The maximum Gasteiger partial charge on any atom is 0.152 e. The molecule has 0 unspecified atom stereocenters. The highest BCUT2D eigenvalue weighted by atomic mass is 79.9. The van der Waals surface area contributed by atoms with Crippen LogP contribution < -0.4 is 4.90 Å². The molecule has 0 N–H and O–H groups in total. The predicted molar refractivity (Wildman–Crippen MR) is 80.6 cm³/mol. The molecule has 0 aromatic carbocycles. The summed E-state index contributed by atoms with van der Waals surface area (Å²) < 4.78 is 2.16. The summed E-state index contributed by atoms with van der Waals surface area (Å²) in [7, 11) is 2.14. The van der Waals surface area contributed by atoms with Gasteiger partial charge in [0.05, 0.1) is 5.69 Å². The second-order valence-corrected chi connectivity index (χ2v) is 5.09. The van der Waals surface area contributed by atoms with Crippen LogP contribution in [0.15, 0.2) is 24.4 Å². The zero-order valence-corrected chi connectivity index (χ0v) is 12.8. The van der Waals surface area contributed by atoms with Gasteiger partial charge in [0.2, 0.25) is 0 Å². The van der Waals surface area contributed by atoms with E-state index in [4.69, 9.17) is 4.98 Å². The first-order valence-electron chi connectivity index (χ1n) is 6.47. The molecule has 0 atom stereocenters. The summed E-state index contributed by atoms with van der Waals surface area (Å²) in [5, 5.41) is 0.817. The smallest absolute Gasteiger partial charge is 0.152 e. The molecule has 18 heavy (non-hydrogen) atoms. The van der Waals surface area contributed by atoms with E-state index in [1.807, 2.05) is 12.1 Å². The Morgan fingerprint density at radius 2 is 2.06 bits per heavy atom. The molecule has 2 aromatic heterocycles. The first-order chi connectivity index (χ1) is 8.72. The summed E-state index contributed by atoms with van der Waals surface area (Å²) in [5.74, 6) is 1.09. The Kier molecular flexibility index (Phi) is 4.27. The molecule has 0 aliphatic rings. The Morgan fingerprint density at radius 1 is 1.33 bits per heavy atom. The van der Waals surface area contributed by atoms with Gasteiger partial charge in [0.25, 0.3) is 0 Å². The summed E-state index contributed by atoms with van der Waals surface area (Å²) in [6.07, 6.45) is 4.36. The monoisotopic (exact) mass is 309 g/mol. The van der Waals surface area contributed by atoms with E-state index in [9.17, 15) is 0 Å². The van der Waals surface area contributed by atoms with Gasteiger partial charge < -0.3 is 9.30 Å². The van der Waals surface area contributed by atoms with Crippen LogP contribution in [0.25, 0.3) is 5.65 Å². The van der Waals surface area contributed by atoms with Crippen molar-refractivity contribution in [3.63, 3.8) is 0 Å². The quantitative estimate of drug-likeness (QED) is 0.782. The fraction of sp³-hybridized carbons (Fsp3) is 0.500. The molecule has 0 fully saturated rings. The summed E-state index contributed by atoms with van der Waals surface area (Å²) in [4.78, 5) is 7.07. The van der Waals surface area contributed by atoms with Crippen LogP contribution in [0.5, 0.6) is 0 Å². The number of hydrogen-bond acceptors (Lipinski definition) is 2. The number of aromatic nitrogens is 2. The lowest BCUT2D eigenvalue weighted by Gasteiger charge is -2.27. The number of alkyl halides is 1. The van der Waals surface area contributed by atoms with E-state index in [0.29, 0.717) is 6.04 Å². The fourth-order valence-electron chi connectivity index (χ4n) is 2.45. The van der Waals surface area contributed by atoms with E-state index in [1.54, 1.807) is 0 Å². The van der Waals surface area contributed by atoms with Gasteiger partial charge in [-0.1, -0.05) is 35.8 Å². The Balaban J connectivity index is 2.49. The van der Waals surface area contributed by atoms with Crippen LogP contribution in [0, 0.1) is 0 Å². The minimum Gasteiger partial charge on any atom is -0.355 e. The lowest BCUT2D eigenvalue weighted by Crippen LogP contribution is -2.31. The minimum absolute atomic E-state index is 0.549. The van der Waals surface area contributed by atoms with Crippen molar-refractivity contribution in [1.29, 1.82) is 0 Å². The summed E-state index contributed by atoms with van der Waals surface area (Å²) >= 11 is 3.58. The average Bonchev–Trinajstić information content (AvgIpc) is 2.78. The minimum atomic E-state index is 0.549. The molecule has 0 saturated carbocycles. The third kappa shape index (κ3) is 2.26.